The molecule has 1 aromatic heterocycles. The van der Waals surface area contributed by atoms with Gasteiger partial charge in [-0.15, -0.1) is 0 Å². The Hall–Kier alpha value is -2.17. The minimum atomic E-state index is -0.912. The lowest BCUT2D eigenvalue weighted by atomic mass is 10.1. The van der Waals surface area contributed by atoms with Crippen LogP contribution in [0.15, 0.2) is 24.5 Å². The fourth-order valence-corrected chi connectivity index (χ4v) is 1.66. The second-order valence-electron chi connectivity index (χ2n) is 3.90. The number of fused-ring (bicyclic) bond motifs is 1. The number of hydrogen-bond donors (Lipinski definition) is 2. The number of carboxylic acids is 1. The molecule has 0 saturated carbocycles. The number of carboxylic acid groups (broad SMARTS) is 1. The highest BCUT2D eigenvalue weighted by atomic mass is 16.4. The van der Waals surface area contributed by atoms with Gasteiger partial charge < -0.3 is 10.4 Å². The highest BCUT2D eigenvalue weighted by Gasteiger charge is 2.13. The zero-order valence-corrected chi connectivity index (χ0v) is 9.64. The average Bonchev–Trinajstić information content (AvgIpc) is 2.29. The number of aromatic nitrogens is 2. The van der Waals surface area contributed by atoms with Crippen LogP contribution in [-0.2, 0) is 4.79 Å². The standard InChI is InChI=1S/C12H13N3O2/c1-7-4-3-5-9-10(7)11(14-6-13-9)15-8(2)12(16)17/h3-6,8H,1-2H3,(H,16,17)(H,13,14,15)/t8-/m1/s1. The van der Waals surface area contributed by atoms with Gasteiger partial charge in [0.1, 0.15) is 18.2 Å². The Morgan fingerprint density at radius 3 is 2.88 bits per heavy atom. The summed E-state index contributed by atoms with van der Waals surface area (Å²) < 4.78 is 0. The summed E-state index contributed by atoms with van der Waals surface area (Å²) in [4.78, 5) is 19.1. The van der Waals surface area contributed by atoms with E-state index in [-0.39, 0.29) is 0 Å². The Labute approximate surface area is 98.5 Å². The summed E-state index contributed by atoms with van der Waals surface area (Å²) in [6, 6.07) is 5.05. The van der Waals surface area contributed by atoms with Gasteiger partial charge in [0.2, 0.25) is 0 Å². The molecule has 88 valence electrons. The van der Waals surface area contributed by atoms with E-state index in [1.54, 1.807) is 6.92 Å². The Kier molecular flexibility index (Phi) is 2.91. The third-order valence-corrected chi connectivity index (χ3v) is 2.59. The molecule has 2 N–H and O–H groups in total. The number of benzene rings is 1. The van der Waals surface area contributed by atoms with Crippen molar-refractivity contribution in [2.75, 3.05) is 5.32 Å². The third-order valence-electron chi connectivity index (χ3n) is 2.59. The maximum Gasteiger partial charge on any atom is 0.325 e. The quantitative estimate of drug-likeness (QED) is 0.842. The monoisotopic (exact) mass is 231 g/mol. The molecule has 0 amide bonds. The molecule has 2 aromatic rings. The van der Waals surface area contributed by atoms with Crippen molar-refractivity contribution in [3.63, 3.8) is 0 Å². The van der Waals surface area contributed by atoms with Gasteiger partial charge in [0.25, 0.3) is 0 Å². The van der Waals surface area contributed by atoms with Gasteiger partial charge in [-0.25, -0.2) is 9.97 Å². The van der Waals surface area contributed by atoms with Crippen molar-refractivity contribution in [2.45, 2.75) is 19.9 Å². The molecule has 0 unspecified atom stereocenters. The lowest BCUT2D eigenvalue weighted by molar-refractivity contribution is -0.137. The van der Waals surface area contributed by atoms with E-state index < -0.39 is 12.0 Å². The molecule has 17 heavy (non-hydrogen) atoms. The second kappa shape index (κ2) is 4.37. The molecule has 5 heteroatoms. The maximum atomic E-state index is 10.8. The van der Waals surface area contributed by atoms with E-state index in [4.69, 9.17) is 5.11 Å². The number of rotatable bonds is 3. The van der Waals surface area contributed by atoms with Crippen LogP contribution in [0.3, 0.4) is 0 Å². The van der Waals surface area contributed by atoms with E-state index in [1.165, 1.54) is 6.33 Å². The van der Waals surface area contributed by atoms with Gasteiger partial charge in [0.15, 0.2) is 0 Å². The van der Waals surface area contributed by atoms with Gasteiger partial charge in [-0.2, -0.15) is 0 Å². The van der Waals surface area contributed by atoms with Crippen LogP contribution in [0.2, 0.25) is 0 Å². The first-order chi connectivity index (χ1) is 8.09. The first kappa shape index (κ1) is 11.3. The van der Waals surface area contributed by atoms with Crippen LogP contribution in [0.1, 0.15) is 12.5 Å². The van der Waals surface area contributed by atoms with E-state index in [0.29, 0.717) is 5.82 Å². The van der Waals surface area contributed by atoms with Gasteiger partial charge in [-0.1, -0.05) is 12.1 Å². The van der Waals surface area contributed by atoms with Crippen molar-refractivity contribution in [2.24, 2.45) is 0 Å². The van der Waals surface area contributed by atoms with Gasteiger partial charge in [-0.3, -0.25) is 4.79 Å². The van der Waals surface area contributed by atoms with Gasteiger partial charge >= 0.3 is 5.97 Å². The number of aliphatic carboxylic acids is 1. The average molecular weight is 231 g/mol. The summed E-state index contributed by atoms with van der Waals surface area (Å²) in [7, 11) is 0. The van der Waals surface area contributed by atoms with Crippen LogP contribution in [0.25, 0.3) is 10.9 Å². The Bertz CT molecular complexity index is 563. The maximum absolute atomic E-state index is 10.8. The minimum absolute atomic E-state index is 0.558. The molecule has 2 rings (SSSR count). The smallest absolute Gasteiger partial charge is 0.325 e. The summed E-state index contributed by atoms with van der Waals surface area (Å²) in [5.74, 6) is -0.353. The van der Waals surface area contributed by atoms with Crippen LogP contribution in [0, 0.1) is 6.92 Å². The van der Waals surface area contributed by atoms with Crippen LogP contribution in [-0.4, -0.2) is 27.1 Å². The molecule has 0 aliphatic carbocycles. The summed E-state index contributed by atoms with van der Waals surface area (Å²) in [5, 5.41) is 12.6. The number of hydrogen-bond acceptors (Lipinski definition) is 4. The summed E-state index contributed by atoms with van der Waals surface area (Å²) >= 11 is 0. The van der Waals surface area contributed by atoms with Crippen LogP contribution >= 0.6 is 0 Å². The van der Waals surface area contributed by atoms with Crippen molar-refractivity contribution in [1.82, 2.24) is 9.97 Å². The highest BCUT2D eigenvalue weighted by molar-refractivity contribution is 5.93. The van der Waals surface area contributed by atoms with Crippen LogP contribution in [0.4, 0.5) is 5.82 Å². The fourth-order valence-electron chi connectivity index (χ4n) is 1.66. The summed E-state index contributed by atoms with van der Waals surface area (Å²) in [6.45, 7) is 3.52. The first-order valence-corrected chi connectivity index (χ1v) is 5.29. The molecule has 0 aliphatic rings. The number of nitrogens with zero attached hydrogens (tertiary/aromatic N) is 2. The predicted octanol–water partition coefficient (Wildman–Crippen LogP) is 1.82. The zero-order chi connectivity index (χ0) is 12.4. The molecule has 1 atom stereocenters. The molecule has 1 aromatic carbocycles. The molecule has 0 aliphatic heterocycles. The molecule has 0 bridgehead atoms. The predicted molar refractivity (Wildman–Crippen MR) is 65.0 cm³/mol. The molecule has 0 radical (unpaired) electrons. The summed E-state index contributed by atoms with van der Waals surface area (Å²) in [5.41, 5.74) is 1.82. The van der Waals surface area contributed by atoms with E-state index in [2.05, 4.69) is 15.3 Å². The van der Waals surface area contributed by atoms with Crippen molar-refractivity contribution in [3.8, 4) is 0 Å². The van der Waals surface area contributed by atoms with Crippen molar-refractivity contribution in [1.29, 1.82) is 0 Å². The lowest BCUT2D eigenvalue weighted by Gasteiger charge is -2.12. The van der Waals surface area contributed by atoms with Crippen molar-refractivity contribution in [3.05, 3.63) is 30.1 Å². The van der Waals surface area contributed by atoms with Gasteiger partial charge in [0, 0.05) is 5.39 Å². The number of carbonyl (C=O) groups is 1. The third kappa shape index (κ3) is 2.18. The Morgan fingerprint density at radius 1 is 1.41 bits per heavy atom. The number of nitrogens with one attached hydrogen (secondary N) is 1. The molecule has 1 heterocycles. The van der Waals surface area contributed by atoms with Gasteiger partial charge in [-0.05, 0) is 25.5 Å². The lowest BCUT2D eigenvalue weighted by Crippen LogP contribution is -2.26. The van der Waals surface area contributed by atoms with E-state index in [1.807, 2.05) is 25.1 Å². The van der Waals surface area contributed by atoms with Crippen molar-refractivity contribution >= 4 is 22.7 Å². The Morgan fingerprint density at radius 2 is 2.18 bits per heavy atom. The molecule has 0 saturated heterocycles. The van der Waals surface area contributed by atoms with E-state index in [0.717, 1.165) is 16.5 Å². The number of anilines is 1. The SMILES string of the molecule is Cc1cccc2ncnc(N[C@H](C)C(=O)O)c12. The highest BCUT2D eigenvalue weighted by Crippen LogP contribution is 2.23. The zero-order valence-electron chi connectivity index (χ0n) is 9.64. The molecule has 0 fully saturated rings. The second-order valence-corrected chi connectivity index (χ2v) is 3.90. The summed E-state index contributed by atoms with van der Waals surface area (Å²) in [6.07, 6.45) is 1.43. The van der Waals surface area contributed by atoms with E-state index in [9.17, 15) is 4.79 Å². The van der Waals surface area contributed by atoms with Crippen LogP contribution < -0.4 is 5.32 Å². The molecule has 5 nitrogen and oxygen atoms in total. The van der Waals surface area contributed by atoms with Crippen molar-refractivity contribution < 1.29 is 9.90 Å². The Balaban J connectivity index is 2.50. The van der Waals surface area contributed by atoms with E-state index >= 15 is 0 Å². The first-order valence-electron chi connectivity index (χ1n) is 5.29. The minimum Gasteiger partial charge on any atom is -0.480 e. The largest absolute Gasteiger partial charge is 0.480 e. The van der Waals surface area contributed by atoms with Crippen LogP contribution in [0.5, 0.6) is 0 Å². The van der Waals surface area contributed by atoms with Gasteiger partial charge in [0.05, 0.1) is 5.52 Å². The fraction of sp³-hybridized carbons (Fsp3) is 0.250. The normalized spacial score (nSPS) is 12.4. The molecule has 0 spiro atoms. The molecular weight excluding hydrogens is 218 g/mol. The topological polar surface area (TPSA) is 75.1 Å². The number of aryl methyl sites for hydroxylation is 1. The molecular formula is C12H13N3O2.